The zero-order valence-electron chi connectivity index (χ0n) is 14.6. The summed E-state index contributed by atoms with van der Waals surface area (Å²) in [6.07, 6.45) is 2.73. The second-order valence-corrected chi connectivity index (χ2v) is 6.39. The molecule has 0 saturated carbocycles. The highest BCUT2D eigenvalue weighted by molar-refractivity contribution is 4.81. The van der Waals surface area contributed by atoms with Crippen LogP contribution in [0.4, 0.5) is 0 Å². The van der Waals surface area contributed by atoms with Gasteiger partial charge < -0.3 is 9.80 Å². The van der Waals surface area contributed by atoms with E-state index in [4.69, 9.17) is 0 Å². The van der Waals surface area contributed by atoms with Crippen molar-refractivity contribution in [2.45, 2.75) is 53.5 Å². The molecule has 2 aliphatic heterocycles. The fourth-order valence-corrected chi connectivity index (χ4v) is 3.41. The van der Waals surface area contributed by atoms with Crippen molar-refractivity contribution in [1.29, 1.82) is 0 Å². The lowest BCUT2D eigenvalue weighted by atomic mass is 10.1. The minimum atomic E-state index is 0.721. The summed E-state index contributed by atoms with van der Waals surface area (Å²) in [4.78, 5) is 7.95. The van der Waals surface area contributed by atoms with Crippen molar-refractivity contribution < 1.29 is 0 Å². The molecule has 120 valence electrons. The van der Waals surface area contributed by atoms with Crippen LogP contribution in [-0.2, 0) is 0 Å². The van der Waals surface area contributed by atoms with Crippen LogP contribution in [0.5, 0.6) is 0 Å². The quantitative estimate of drug-likeness (QED) is 0.768. The molecule has 0 unspecified atom stereocenters. The van der Waals surface area contributed by atoms with Gasteiger partial charge in [0.1, 0.15) is 0 Å². The zero-order chi connectivity index (χ0) is 15.0. The maximum absolute atomic E-state index is 2.69. The Morgan fingerprint density at radius 2 is 1.60 bits per heavy atom. The molecular weight excluding hydrogens is 246 g/mol. The third-order valence-electron chi connectivity index (χ3n) is 4.56. The molecule has 0 aromatic rings. The molecule has 2 rings (SSSR count). The molecule has 3 nitrogen and oxygen atoms in total. The summed E-state index contributed by atoms with van der Waals surface area (Å²) in [6.45, 7) is 21.3. The van der Waals surface area contributed by atoms with Crippen LogP contribution in [0.2, 0.25) is 0 Å². The molecule has 0 amide bonds. The van der Waals surface area contributed by atoms with Gasteiger partial charge in [-0.05, 0) is 45.7 Å². The van der Waals surface area contributed by atoms with Gasteiger partial charge in [-0.3, -0.25) is 4.90 Å². The van der Waals surface area contributed by atoms with Crippen molar-refractivity contribution in [3.63, 3.8) is 0 Å². The Morgan fingerprint density at radius 1 is 0.950 bits per heavy atom. The van der Waals surface area contributed by atoms with Crippen LogP contribution in [0.15, 0.2) is 0 Å². The molecule has 20 heavy (non-hydrogen) atoms. The van der Waals surface area contributed by atoms with E-state index in [1.54, 1.807) is 0 Å². The molecule has 0 spiro atoms. The Bertz CT molecular complexity index is 234. The predicted octanol–water partition coefficient (Wildman–Crippen LogP) is 2.77. The van der Waals surface area contributed by atoms with E-state index < -0.39 is 0 Å². The predicted molar refractivity (Wildman–Crippen MR) is 89.3 cm³/mol. The van der Waals surface area contributed by atoms with Crippen molar-refractivity contribution >= 4 is 0 Å². The van der Waals surface area contributed by atoms with E-state index in [0.29, 0.717) is 0 Å². The van der Waals surface area contributed by atoms with Crippen molar-refractivity contribution in [2.24, 2.45) is 5.92 Å². The molecule has 0 aliphatic carbocycles. The Kier molecular flexibility index (Phi) is 8.74. The maximum Gasteiger partial charge on any atom is 0.0113 e. The van der Waals surface area contributed by atoms with E-state index in [9.17, 15) is 0 Å². The summed E-state index contributed by atoms with van der Waals surface area (Å²) in [5.41, 5.74) is 0. The molecule has 0 aromatic carbocycles. The van der Waals surface area contributed by atoms with Crippen LogP contribution >= 0.6 is 0 Å². The average molecular weight is 284 g/mol. The van der Waals surface area contributed by atoms with Gasteiger partial charge in [0, 0.05) is 45.3 Å². The molecule has 0 radical (unpaired) electrons. The van der Waals surface area contributed by atoms with Crippen LogP contribution in [0.3, 0.4) is 0 Å². The van der Waals surface area contributed by atoms with E-state index in [0.717, 1.165) is 12.0 Å². The van der Waals surface area contributed by atoms with Gasteiger partial charge in [0.2, 0.25) is 0 Å². The fraction of sp³-hybridized carbons (Fsp3) is 1.00. The molecule has 2 fully saturated rings. The van der Waals surface area contributed by atoms with Crippen LogP contribution in [0.25, 0.3) is 0 Å². The smallest absolute Gasteiger partial charge is 0.0113 e. The Labute approximate surface area is 127 Å². The first kappa shape index (κ1) is 17.9. The monoisotopic (exact) mass is 283 g/mol. The lowest BCUT2D eigenvalue weighted by Gasteiger charge is -2.37. The third-order valence-corrected chi connectivity index (χ3v) is 4.56. The van der Waals surface area contributed by atoms with Gasteiger partial charge in [0.25, 0.3) is 0 Å². The lowest BCUT2D eigenvalue weighted by molar-refractivity contribution is 0.0973. The minimum absolute atomic E-state index is 0.721. The molecular formula is C17H37N3. The third kappa shape index (κ3) is 5.71. The SMILES string of the molecule is CC.CCCN1CC[C@H](CN2CCN(C(C)C)CC2)C1. The fourth-order valence-electron chi connectivity index (χ4n) is 3.41. The topological polar surface area (TPSA) is 9.72 Å². The zero-order valence-corrected chi connectivity index (χ0v) is 14.6. The molecule has 0 N–H and O–H groups in total. The first-order valence-corrected chi connectivity index (χ1v) is 8.87. The van der Waals surface area contributed by atoms with Crippen LogP contribution in [0, 0.1) is 5.92 Å². The Balaban J connectivity index is 0.000000956. The molecule has 0 bridgehead atoms. The van der Waals surface area contributed by atoms with E-state index in [1.165, 1.54) is 65.2 Å². The second kappa shape index (κ2) is 9.75. The number of hydrogen-bond donors (Lipinski definition) is 0. The normalized spacial score (nSPS) is 25.8. The first-order valence-electron chi connectivity index (χ1n) is 8.87. The molecule has 1 atom stereocenters. The lowest BCUT2D eigenvalue weighted by Crippen LogP contribution is -2.50. The van der Waals surface area contributed by atoms with Gasteiger partial charge in [0.15, 0.2) is 0 Å². The van der Waals surface area contributed by atoms with Gasteiger partial charge in [-0.2, -0.15) is 0 Å². The average Bonchev–Trinajstić information content (AvgIpc) is 2.89. The standard InChI is InChI=1S/C15H31N3.C2H6/c1-4-6-16-7-5-15(12-16)13-17-8-10-18(11-9-17)14(2)3;1-2/h14-15H,4-13H2,1-3H3;1-2H3/t15-;/m0./s1. The van der Waals surface area contributed by atoms with Crippen molar-refractivity contribution in [3.05, 3.63) is 0 Å². The molecule has 2 saturated heterocycles. The summed E-state index contributed by atoms with van der Waals surface area (Å²) in [5, 5.41) is 0. The summed E-state index contributed by atoms with van der Waals surface area (Å²) in [6, 6.07) is 0.721. The Morgan fingerprint density at radius 3 is 2.15 bits per heavy atom. The number of hydrogen-bond acceptors (Lipinski definition) is 3. The summed E-state index contributed by atoms with van der Waals surface area (Å²) in [5.74, 6) is 0.933. The van der Waals surface area contributed by atoms with Crippen molar-refractivity contribution in [2.75, 3.05) is 52.4 Å². The number of rotatable bonds is 5. The van der Waals surface area contributed by atoms with Crippen LogP contribution in [0.1, 0.15) is 47.5 Å². The molecule has 2 aliphatic rings. The maximum atomic E-state index is 2.69. The van der Waals surface area contributed by atoms with Crippen molar-refractivity contribution in [3.8, 4) is 0 Å². The highest BCUT2D eigenvalue weighted by Crippen LogP contribution is 2.18. The molecule has 3 heteroatoms. The Hall–Kier alpha value is -0.120. The van der Waals surface area contributed by atoms with E-state index in [-0.39, 0.29) is 0 Å². The number of likely N-dealkylation sites (tertiary alicyclic amines) is 1. The summed E-state index contributed by atoms with van der Waals surface area (Å²) < 4.78 is 0. The van der Waals surface area contributed by atoms with E-state index >= 15 is 0 Å². The van der Waals surface area contributed by atoms with Crippen LogP contribution < -0.4 is 0 Å². The van der Waals surface area contributed by atoms with Crippen LogP contribution in [-0.4, -0.2) is 73.1 Å². The van der Waals surface area contributed by atoms with Gasteiger partial charge in [-0.25, -0.2) is 0 Å². The van der Waals surface area contributed by atoms with Gasteiger partial charge >= 0.3 is 0 Å². The molecule has 0 aromatic heterocycles. The van der Waals surface area contributed by atoms with Crippen molar-refractivity contribution in [1.82, 2.24) is 14.7 Å². The largest absolute Gasteiger partial charge is 0.303 e. The molecule has 2 heterocycles. The highest BCUT2D eigenvalue weighted by Gasteiger charge is 2.26. The van der Waals surface area contributed by atoms with E-state index in [1.807, 2.05) is 13.8 Å². The first-order chi connectivity index (χ1) is 9.69. The summed E-state index contributed by atoms with van der Waals surface area (Å²) >= 11 is 0. The number of nitrogens with zero attached hydrogens (tertiary/aromatic N) is 3. The van der Waals surface area contributed by atoms with Gasteiger partial charge in [0.05, 0.1) is 0 Å². The highest BCUT2D eigenvalue weighted by atomic mass is 15.3. The van der Waals surface area contributed by atoms with E-state index in [2.05, 4.69) is 35.5 Å². The van der Waals surface area contributed by atoms with Gasteiger partial charge in [-0.15, -0.1) is 0 Å². The number of piperazine rings is 1. The van der Waals surface area contributed by atoms with Gasteiger partial charge in [-0.1, -0.05) is 20.8 Å². The summed E-state index contributed by atoms with van der Waals surface area (Å²) in [7, 11) is 0. The minimum Gasteiger partial charge on any atom is -0.303 e. The second-order valence-electron chi connectivity index (χ2n) is 6.39.